The quantitative estimate of drug-likeness (QED) is 0.0651. The summed E-state index contributed by atoms with van der Waals surface area (Å²) in [6, 6.07) is 0. The molecule has 250 valence electrons. The summed E-state index contributed by atoms with van der Waals surface area (Å²) in [5.74, 6) is 0.722. The van der Waals surface area contributed by atoms with Gasteiger partial charge in [0.05, 0.1) is 55.4 Å². The lowest BCUT2D eigenvalue weighted by molar-refractivity contribution is -0.870. The van der Waals surface area contributed by atoms with E-state index in [1.165, 1.54) is 51.6 Å². The number of rotatable bonds is 29. The molecule has 0 aromatic rings. The summed E-state index contributed by atoms with van der Waals surface area (Å²) in [6.07, 6.45) is 22.3. The van der Waals surface area contributed by atoms with Gasteiger partial charge >= 0.3 is 0 Å². The van der Waals surface area contributed by atoms with Gasteiger partial charge in [0.15, 0.2) is 0 Å². The van der Waals surface area contributed by atoms with Crippen molar-refractivity contribution in [2.45, 2.75) is 142 Å². The molecule has 0 unspecified atom stereocenters. The van der Waals surface area contributed by atoms with Crippen LogP contribution in [0.25, 0.3) is 0 Å². The second kappa shape index (κ2) is 25.2. The Balaban J connectivity index is 4.52. The summed E-state index contributed by atoms with van der Waals surface area (Å²) < 4.78 is 2.06. The van der Waals surface area contributed by atoms with Gasteiger partial charge in [-0.25, -0.2) is 0 Å². The molecule has 0 aliphatic carbocycles. The standard InChI is InChI=1S/C36H76N4O2/c1-9-11-19-27-35(41)37(31-23-15-17-25-33-39(3,4)5)29-21-13-14-22-30-38(36(42)28-20-12-10-2)32-24-16-18-26-34-40(6,7)8/h9-34H2,1-8H3/q+2. The van der Waals surface area contributed by atoms with Crippen molar-refractivity contribution in [1.82, 2.24) is 9.80 Å². The number of quaternary nitrogens is 2. The summed E-state index contributed by atoms with van der Waals surface area (Å²) in [5.41, 5.74) is 0. The fraction of sp³-hybridized carbons (Fsp3) is 0.944. The van der Waals surface area contributed by atoms with Crippen LogP contribution in [-0.4, -0.2) is 112 Å². The van der Waals surface area contributed by atoms with E-state index in [0.717, 1.165) is 112 Å². The van der Waals surface area contributed by atoms with Crippen LogP contribution in [0.3, 0.4) is 0 Å². The minimum absolute atomic E-state index is 0.361. The van der Waals surface area contributed by atoms with E-state index in [4.69, 9.17) is 0 Å². The van der Waals surface area contributed by atoms with Crippen LogP contribution in [0.4, 0.5) is 0 Å². The number of hydrogen-bond donors (Lipinski definition) is 0. The Hall–Kier alpha value is -1.14. The first-order valence-electron chi connectivity index (χ1n) is 18.1. The first-order chi connectivity index (χ1) is 19.9. The molecule has 0 aromatic carbocycles. The van der Waals surface area contributed by atoms with Crippen LogP contribution in [0.2, 0.25) is 0 Å². The fourth-order valence-electron chi connectivity index (χ4n) is 5.53. The minimum atomic E-state index is 0.361. The smallest absolute Gasteiger partial charge is 0.222 e. The van der Waals surface area contributed by atoms with Gasteiger partial charge in [0, 0.05) is 39.0 Å². The Bertz CT molecular complexity index is 598. The maximum atomic E-state index is 13.0. The van der Waals surface area contributed by atoms with Crippen LogP contribution < -0.4 is 0 Å². The average molecular weight is 597 g/mol. The monoisotopic (exact) mass is 597 g/mol. The Kier molecular flexibility index (Phi) is 24.5. The number of carbonyl (C=O) groups excluding carboxylic acids is 2. The number of unbranched alkanes of at least 4 members (excludes halogenated alkanes) is 13. The molecule has 0 fully saturated rings. The van der Waals surface area contributed by atoms with Gasteiger partial charge in [-0.2, -0.15) is 0 Å². The Morgan fingerprint density at radius 3 is 0.952 bits per heavy atom. The van der Waals surface area contributed by atoms with Crippen molar-refractivity contribution in [3.63, 3.8) is 0 Å². The number of amides is 2. The molecule has 6 heteroatoms. The molecule has 0 rings (SSSR count). The largest absolute Gasteiger partial charge is 0.343 e. The summed E-state index contributed by atoms with van der Waals surface area (Å²) in [7, 11) is 13.6. The van der Waals surface area contributed by atoms with Crippen molar-refractivity contribution in [3.05, 3.63) is 0 Å². The van der Waals surface area contributed by atoms with Gasteiger partial charge in [0.25, 0.3) is 0 Å². The number of carbonyl (C=O) groups is 2. The van der Waals surface area contributed by atoms with Crippen molar-refractivity contribution in [3.8, 4) is 0 Å². The van der Waals surface area contributed by atoms with Gasteiger partial charge < -0.3 is 18.8 Å². The third-order valence-electron chi connectivity index (χ3n) is 8.31. The molecule has 0 spiro atoms. The highest BCUT2D eigenvalue weighted by Gasteiger charge is 2.15. The highest BCUT2D eigenvalue weighted by molar-refractivity contribution is 5.76. The van der Waals surface area contributed by atoms with E-state index < -0.39 is 0 Å². The number of nitrogens with zero attached hydrogens (tertiary/aromatic N) is 4. The predicted octanol–water partition coefficient (Wildman–Crippen LogP) is 7.90. The second-order valence-electron chi connectivity index (χ2n) is 14.9. The molecule has 2 amide bonds. The van der Waals surface area contributed by atoms with E-state index in [1.54, 1.807) is 0 Å². The maximum Gasteiger partial charge on any atom is 0.222 e. The van der Waals surface area contributed by atoms with Gasteiger partial charge in [0.1, 0.15) is 0 Å². The van der Waals surface area contributed by atoms with Crippen LogP contribution in [0.5, 0.6) is 0 Å². The summed E-state index contributed by atoms with van der Waals surface area (Å²) >= 11 is 0. The van der Waals surface area contributed by atoms with Gasteiger partial charge in [-0.1, -0.05) is 65.2 Å². The first kappa shape index (κ1) is 40.9. The highest BCUT2D eigenvalue weighted by atomic mass is 16.2. The van der Waals surface area contributed by atoms with E-state index in [9.17, 15) is 9.59 Å². The first-order valence-corrected chi connectivity index (χ1v) is 18.1. The Morgan fingerprint density at radius 1 is 0.405 bits per heavy atom. The van der Waals surface area contributed by atoms with Crippen molar-refractivity contribution in [2.24, 2.45) is 0 Å². The molecule has 0 aliphatic rings. The van der Waals surface area contributed by atoms with Gasteiger partial charge in [-0.15, -0.1) is 0 Å². The van der Waals surface area contributed by atoms with Crippen LogP contribution in [0.15, 0.2) is 0 Å². The molecule has 0 saturated heterocycles. The van der Waals surface area contributed by atoms with Crippen LogP contribution in [-0.2, 0) is 9.59 Å². The Labute approximate surface area is 263 Å². The number of hydrogen-bond acceptors (Lipinski definition) is 2. The lowest BCUT2D eigenvalue weighted by atomic mass is 10.1. The second-order valence-corrected chi connectivity index (χ2v) is 14.9. The van der Waals surface area contributed by atoms with Crippen molar-refractivity contribution >= 4 is 11.8 Å². The topological polar surface area (TPSA) is 40.6 Å². The predicted molar refractivity (Wildman–Crippen MR) is 183 cm³/mol. The highest BCUT2D eigenvalue weighted by Crippen LogP contribution is 2.13. The van der Waals surface area contributed by atoms with Crippen molar-refractivity contribution in [2.75, 3.05) is 81.6 Å². The summed E-state index contributed by atoms with van der Waals surface area (Å²) in [4.78, 5) is 30.2. The van der Waals surface area contributed by atoms with E-state index in [1.807, 2.05) is 0 Å². The molecule has 0 N–H and O–H groups in total. The van der Waals surface area contributed by atoms with Gasteiger partial charge in [0.2, 0.25) is 11.8 Å². The molecule has 0 bridgehead atoms. The molecule has 0 aliphatic heterocycles. The third-order valence-corrected chi connectivity index (χ3v) is 8.31. The third kappa shape index (κ3) is 26.5. The molecule has 0 atom stereocenters. The minimum Gasteiger partial charge on any atom is -0.343 e. The molecule has 42 heavy (non-hydrogen) atoms. The van der Waals surface area contributed by atoms with E-state index in [-0.39, 0.29) is 0 Å². The molecular weight excluding hydrogens is 520 g/mol. The normalized spacial score (nSPS) is 12.1. The van der Waals surface area contributed by atoms with Gasteiger partial charge in [-0.3, -0.25) is 9.59 Å². The lowest BCUT2D eigenvalue weighted by Gasteiger charge is -2.25. The van der Waals surface area contributed by atoms with Crippen LogP contribution >= 0.6 is 0 Å². The average Bonchev–Trinajstić information content (AvgIpc) is 2.90. The summed E-state index contributed by atoms with van der Waals surface area (Å²) in [6.45, 7) is 10.5. The van der Waals surface area contributed by atoms with Crippen LogP contribution in [0.1, 0.15) is 142 Å². The molecule has 0 aromatic heterocycles. The maximum absolute atomic E-state index is 13.0. The SMILES string of the molecule is CCCCCC(=O)N(CCCCCCN(CCCCCC[N+](C)(C)C)C(=O)CCCCC)CCCCCC[N+](C)(C)C. The van der Waals surface area contributed by atoms with E-state index in [0.29, 0.717) is 24.7 Å². The molecule has 0 heterocycles. The van der Waals surface area contributed by atoms with Gasteiger partial charge in [-0.05, 0) is 64.2 Å². The summed E-state index contributed by atoms with van der Waals surface area (Å²) in [5, 5.41) is 0. The van der Waals surface area contributed by atoms with Crippen molar-refractivity contribution < 1.29 is 18.6 Å². The Morgan fingerprint density at radius 2 is 0.690 bits per heavy atom. The zero-order valence-corrected chi connectivity index (χ0v) is 30.0. The van der Waals surface area contributed by atoms with Crippen molar-refractivity contribution in [1.29, 1.82) is 0 Å². The van der Waals surface area contributed by atoms with Crippen LogP contribution in [0, 0.1) is 0 Å². The van der Waals surface area contributed by atoms with E-state index >= 15 is 0 Å². The molecule has 6 nitrogen and oxygen atoms in total. The molecular formula is C36H76N4O2+2. The molecule has 0 radical (unpaired) electrons. The zero-order valence-electron chi connectivity index (χ0n) is 30.0. The fourth-order valence-corrected chi connectivity index (χ4v) is 5.53. The van der Waals surface area contributed by atoms with E-state index in [2.05, 4.69) is 65.9 Å². The zero-order chi connectivity index (χ0) is 31.7. The molecule has 0 saturated carbocycles. The lowest BCUT2D eigenvalue weighted by Crippen LogP contribution is -2.35.